The maximum Gasteiger partial charge on any atom is 0.271 e. The van der Waals surface area contributed by atoms with Crippen molar-refractivity contribution >= 4 is 50.2 Å². The van der Waals surface area contributed by atoms with Crippen LogP contribution in [0, 0.1) is 5.92 Å². The fourth-order valence-electron chi connectivity index (χ4n) is 5.40. The van der Waals surface area contributed by atoms with E-state index >= 15 is 0 Å². The van der Waals surface area contributed by atoms with Crippen molar-refractivity contribution < 1.29 is 27.9 Å². The molecule has 2 heterocycles. The first-order chi connectivity index (χ1) is 22.5. The number of sulfonamides is 1. The summed E-state index contributed by atoms with van der Waals surface area (Å²) in [5.74, 6) is -0.648. The quantitative estimate of drug-likeness (QED) is 0.166. The Kier molecular flexibility index (Phi) is 10.5. The largest absolute Gasteiger partial charge is 0.486 e. The van der Waals surface area contributed by atoms with Crippen LogP contribution in [0.3, 0.4) is 0 Å². The molecule has 0 aliphatic carbocycles. The smallest absolute Gasteiger partial charge is 0.271 e. The number of nitrogen functional groups attached to an aromatic ring is 1. The Balaban J connectivity index is 1.36. The fourth-order valence-corrected chi connectivity index (χ4v) is 7.46. The van der Waals surface area contributed by atoms with Gasteiger partial charge < -0.3 is 25.8 Å². The fraction of sp³-hybridized carbons (Fsp3) is 0.294. The maximum absolute atomic E-state index is 13.8. The molecule has 3 aromatic carbocycles. The molecular weight excluding hydrogens is 639 g/mol. The van der Waals surface area contributed by atoms with E-state index in [-0.39, 0.29) is 45.5 Å². The highest BCUT2D eigenvalue weighted by molar-refractivity contribution is 7.94. The van der Waals surface area contributed by atoms with Gasteiger partial charge in [0.1, 0.15) is 10.3 Å². The number of aliphatic hydroxyl groups is 1. The lowest BCUT2D eigenvalue weighted by atomic mass is 9.99. The second kappa shape index (κ2) is 14.6. The number of para-hydroxylation sites is 3. The first kappa shape index (κ1) is 33.9. The number of rotatable bonds is 11. The first-order valence-corrected chi connectivity index (χ1v) is 17.5. The Bertz CT molecular complexity index is 1810. The summed E-state index contributed by atoms with van der Waals surface area (Å²) >= 11 is 1.09. The third kappa shape index (κ3) is 7.93. The second-order valence-electron chi connectivity index (χ2n) is 11.8. The van der Waals surface area contributed by atoms with Gasteiger partial charge in [-0.15, -0.1) is 11.3 Å². The number of nitrogens with one attached hydrogen (secondary N) is 2. The van der Waals surface area contributed by atoms with E-state index in [4.69, 9.17) is 10.5 Å². The molecule has 248 valence electrons. The molecule has 0 radical (unpaired) electrons. The molecule has 0 spiro atoms. The number of thiophene rings is 1. The number of anilines is 3. The van der Waals surface area contributed by atoms with E-state index in [1.807, 2.05) is 26.1 Å². The summed E-state index contributed by atoms with van der Waals surface area (Å²) in [5.41, 5.74) is 8.83. The lowest BCUT2D eigenvalue weighted by Gasteiger charge is -2.38. The third-order valence-electron chi connectivity index (χ3n) is 8.06. The molecule has 47 heavy (non-hydrogen) atoms. The van der Waals surface area contributed by atoms with Gasteiger partial charge in [0.15, 0.2) is 5.75 Å². The summed E-state index contributed by atoms with van der Waals surface area (Å²) in [6, 6.07) is 21.9. The summed E-state index contributed by atoms with van der Waals surface area (Å²) < 4.78 is 35.7. The van der Waals surface area contributed by atoms with Crippen LogP contribution in [0.2, 0.25) is 0 Å². The first-order valence-electron chi connectivity index (χ1n) is 15.2. The minimum Gasteiger partial charge on any atom is -0.486 e. The van der Waals surface area contributed by atoms with Crippen molar-refractivity contribution in [2.75, 3.05) is 42.5 Å². The molecule has 2 amide bonds. The molecule has 1 aliphatic rings. The molecule has 3 atom stereocenters. The average molecular weight is 678 g/mol. The van der Waals surface area contributed by atoms with E-state index in [2.05, 4.69) is 14.9 Å². The van der Waals surface area contributed by atoms with Crippen LogP contribution in [0.4, 0.5) is 17.1 Å². The van der Waals surface area contributed by atoms with Gasteiger partial charge in [-0.05, 0) is 67.4 Å². The predicted octanol–water partition coefficient (Wildman–Crippen LogP) is 4.74. The van der Waals surface area contributed by atoms with Gasteiger partial charge >= 0.3 is 0 Å². The van der Waals surface area contributed by atoms with Crippen molar-refractivity contribution in [3.05, 3.63) is 101 Å². The van der Waals surface area contributed by atoms with Crippen LogP contribution in [-0.4, -0.2) is 74.0 Å². The van der Waals surface area contributed by atoms with Crippen molar-refractivity contribution in [2.45, 2.75) is 36.7 Å². The van der Waals surface area contributed by atoms with Gasteiger partial charge in [-0.1, -0.05) is 43.3 Å². The molecule has 0 saturated carbocycles. The van der Waals surface area contributed by atoms with Crippen LogP contribution in [0.1, 0.15) is 40.1 Å². The molecule has 11 nitrogen and oxygen atoms in total. The van der Waals surface area contributed by atoms with Gasteiger partial charge in [-0.3, -0.25) is 19.2 Å². The van der Waals surface area contributed by atoms with Crippen LogP contribution in [0.15, 0.2) is 88.5 Å². The van der Waals surface area contributed by atoms with E-state index in [0.29, 0.717) is 36.6 Å². The molecule has 0 saturated heterocycles. The zero-order chi connectivity index (χ0) is 33.7. The van der Waals surface area contributed by atoms with Gasteiger partial charge in [0.25, 0.3) is 21.8 Å². The van der Waals surface area contributed by atoms with Crippen LogP contribution in [0.5, 0.6) is 5.75 Å². The van der Waals surface area contributed by atoms with Gasteiger partial charge in [0.05, 0.1) is 35.3 Å². The summed E-state index contributed by atoms with van der Waals surface area (Å²) in [5, 5.41) is 14.5. The lowest BCUT2D eigenvalue weighted by molar-refractivity contribution is 0.0344. The number of aliphatic hydroxyl groups excluding tert-OH is 1. The Hall–Kier alpha value is -4.43. The Morgan fingerprint density at radius 1 is 1.09 bits per heavy atom. The van der Waals surface area contributed by atoms with Crippen LogP contribution in [0.25, 0.3) is 0 Å². The number of hydrogen-bond acceptors (Lipinski definition) is 9. The number of nitrogens with zero attached hydrogens (tertiary/aromatic N) is 2. The summed E-state index contributed by atoms with van der Waals surface area (Å²) in [4.78, 5) is 30.2. The number of ether oxygens (including phenoxy) is 1. The zero-order valence-electron chi connectivity index (χ0n) is 26.4. The highest BCUT2D eigenvalue weighted by atomic mass is 32.2. The van der Waals surface area contributed by atoms with Crippen molar-refractivity contribution in [1.29, 1.82) is 0 Å². The minimum absolute atomic E-state index is 0.139. The Morgan fingerprint density at radius 2 is 1.81 bits per heavy atom. The summed E-state index contributed by atoms with van der Waals surface area (Å²) in [6.07, 6.45) is -0.450. The normalized spacial score (nSPS) is 17.3. The molecule has 0 fully saturated rings. The number of likely N-dealkylation sites (N-methyl/N-ethyl adjacent to an activating group) is 1. The summed E-state index contributed by atoms with van der Waals surface area (Å²) in [7, 11) is -1.98. The monoisotopic (exact) mass is 677 g/mol. The molecular formula is C34H39N5O6S2. The Morgan fingerprint density at radius 3 is 2.49 bits per heavy atom. The van der Waals surface area contributed by atoms with Gasteiger partial charge in [0.2, 0.25) is 0 Å². The van der Waals surface area contributed by atoms with Gasteiger partial charge in [-0.2, -0.15) is 0 Å². The number of carbonyl (C=O) groups is 2. The van der Waals surface area contributed by atoms with E-state index in [1.165, 1.54) is 6.07 Å². The number of nitrogens with two attached hydrogens (primary N) is 1. The average Bonchev–Trinajstić information content (AvgIpc) is 3.61. The molecule has 1 aliphatic heterocycles. The maximum atomic E-state index is 13.8. The van der Waals surface area contributed by atoms with Crippen molar-refractivity contribution in [1.82, 2.24) is 9.80 Å². The highest BCUT2D eigenvalue weighted by Crippen LogP contribution is 2.36. The van der Waals surface area contributed by atoms with E-state index in [0.717, 1.165) is 16.9 Å². The molecule has 4 aromatic rings. The highest BCUT2D eigenvalue weighted by Gasteiger charge is 2.35. The van der Waals surface area contributed by atoms with Crippen molar-refractivity contribution in [3.8, 4) is 5.75 Å². The van der Waals surface area contributed by atoms with Gasteiger partial charge in [-0.25, -0.2) is 8.42 Å². The topological polar surface area (TPSA) is 154 Å². The van der Waals surface area contributed by atoms with E-state index in [9.17, 15) is 23.1 Å². The van der Waals surface area contributed by atoms with Crippen LogP contribution < -0.4 is 20.5 Å². The summed E-state index contributed by atoms with van der Waals surface area (Å²) in [6.45, 7) is 4.83. The van der Waals surface area contributed by atoms with Crippen LogP contribution >= 0.6 is 11.3 Å². The van der Waals surface area contributed by atoms with Crippen molar-refractivity contribution in [3.63, 3.8) is 0 Å². The van der Waals surface area contributed by atoms with Gasteiger partial charge in [0, 0.05) is 31.1 Å². The van der Waals surface area contributed by atoms with Crippen molar-refractivity contribution in [2.24, 2.45) is 5.92 Å². The number of amides is 2. The molecule has 5 N–H and O–H groups in total. The molecule has 0 bridgehead atoms. The number of hydrogen-bond donors (Lipinski definition) is 4. The number of carbonyl (C=O) groups excluding carboxylic acids is 2. The Labute approximate surface area is 279 Å². The molecule has 1 aromatic heterocycles. The lowest BCUT2D eigenvalue weighted by Crippen LogP contribution is -2.49. The molecule has 0 unspecified atom stereocenters. The minimum atomic E-state index is -3.92. The number of benzene rings is 3. The van der Waals surface area contributed by atoms with E-state index in [1.54, 1.807) is 77.9 Å². The SMILES string of the molecule is C[C@@H]1CN([C@@H](C)CO)C(=O)c2cccc(NS(=O)(=O)c3cccs3)c2O[C@@H]1CN(C)Cc1ccc(C(=O)Nc2ccccc2N)cc1. The van der Waals surface area contributed by atoms with E-state index < -0.39 is 22.2 Å². The number of fused-ring (bicyclic) bond motifs is 1. The third-order valence-corrected chi connectivity index (χ3v) is 10.8. The standard InChI is InChI=1S/C34H39N5O6S2/c1-22-18-39(23(2)21-40)34(42)26-8-6-11-29(37-47(43,44)31-12-7-17-46-31)32(26)45-30(22)20-38(3)19-24-13-15-25(16-14-24)33(41)36-28-10-5-4-9-27(28)35/h4-17,22-23,30,37,40H,18-21,35H2,1-3H3,(H,36,41)/t22-,23+,30-/m1/s1. The predicted molar refractivity (Wildman–Crippen MR) is 184 cm³/mol. The molecule has 5 rings (SSSR count). The molecule has 13 heteroatoms. The second-order valence-corrected chi connectivity index (χ2v) is 14.6. The van der Waals surface area contributed by atoms with Crippen LogP contribution in [-0.2, 0) is 16.6 Å². The zero-order valence-corrected chi connectivity index (χ0v) is 28.1.